The summed E-state index contributed by atoms with van der Waals surface area (Å²) >= 11 is 0. The number of hydrogen-bond donors (Lipinski definition) is 0. The Kier molecular flexibility index (Phi) is 5.96. The Balaban J connectivity index is 2.00. The van der Waals surface area contributed by atoms with Gasteiger partial charge < -0.3 is 19.3 Å². The van der Waals surface area contributed by atoms with E-state index >= 15 is 0 Å². The highest BCUT2D eigenvalue weighted by molar-refractivity contribution is 6.01. The van der Waals surface area contributed by atoms with E-state index in [1.54, 1.807) is 18.2 Å². The van der Waals surface area contributed by atoms with Crippen LogP contribution in [0.3, 0.4) is 0 Å². The Bertz CT molecular complexity index is 757. The average molecular weight is 370 g/mol. The van der Waals surface area contributed by atoms with E-state index in [1.807, 2.05) is 48.5 Å². The molecule has 1 fully saturated rings. The Hall–Kier alpha value is -2.60. The number of carbonyl (C=O) groups excluding carboxylic acids is 2. The van der Waals surface area contributed by atoms with Gasteiger partial charge in [-0.1, -0.05) is 30.3 Å². The van der Waals surface area contributed by atoms with Crippen molar-refractivity contribution < 1.29 is 19.1 Å². The van der Waals surface area contributed by atoms with E-state index in [0.717, 1.165) is 18.4 Å². The van der Waals surface area contributed by atoms with Crippen LogP contribution in [0.2, 0.25) is 0 Å². The molecule has 0 unspecified atom stereocenters. The number of nitrogens with zero attached hydrogens (tertiary/aromatic N) is 2. The van der Waals surface area contributed by atoms with Crippen LogP contribution in [0.25, 0.3) is 0 Å². The molecule has 0 saturated carbocycles. The van der Waals surface area contributed by atoms with Gasteiger partial charge in [0.1, 0.15) is 0 Å². The number of methoxy groups -OCH3 is 2. The Morgan fingerprint density at radius 3 is 2.48 bits per heavy atom. The maximum atomic E-state index is 13.5. The summed E-state index contributed by atoms with van der Waals surface area (Å²) in [6.07, 6.45) is 5.43. The molecule has 6 nitrogen and oxygen atoms in total. The molecule has 144 valence electrons. The second-order valence-corrected chi connectivity index (χ2v) is 6.92. The Morgan fingerprint density at radius 2 is 1.81 bits per heavy atom. The first-order valence-electron chi connectivity index (χ1n) is 9.15. The van der Waals surface area contributed by atoms with Crippen LogP contribution in [0.1, 0.15) is 24.3 Å². The summed E-state index contributed by atoms with van der Waals surface area (Å²) in [6, 6.07) is 9.68. The number of esters is 1. The van der Waals surface area contributed by atoms with Crippen LogP contribution in [0, 0.1) is 0 Å². The van der Waals surface area contributed by atoms with Crippen LogP contribution < -0.4 is 0 Å². The molecule has 0 radical (unpaired) electrons. The van der Waals surface area contributed by atoms with Crippen molar-refractivity contribution in [3.05, 3.63) is 59.4 Å². The van der Waals surface area contributed by atoms with E-state index in [1.165, 1.54) is 7.11 Å². The van der Waals surface area contributed by atoms with Gasteiger partial charge in [0, 0.05) is 44.6 Å². The van der Waals surface area contributed by atoms with Crippen LogP contribution in [0.4, 0.5) is 0 Å². The van der Waals surface area contributed by atoms with E-state index in [4.69, 9.17) is 9.47 Å². The highest BCUT2D eigenvalue weighted by atomic mass is 16.5. The SMILES string of the molecule is COC[C@@H]1CCCN1C(=O)C1=CN(C)C=C(C(=O)OC)[C@H]1c1ccccc1. The quantitative estimate of drug-likeness (QED) is 0.745. The molecule has 6 heteroatoms. The summed E-state index contributed by atoms with van der Waals surface area (Å²) in [4.78, 5) is 29.6. The summed E-state index contributed by atoms with van der Waals surface area (Å²) in [6.45, 7) is 1.22. The molecule has 0 aliphatic carbocycles. The molecule has 1 aromatic carbocycles. The third-order valence-electron chi connectivity index (χ3n) is 5.11. The van der Waals surface area contributed by atoms with Crippen molar-refractivity contribution in [3.8, 4) is 0 Å². The zero-order valence-corrected chi connectivity index (χ0v) is 16.1. The number of rotatable bonds is 5. The van der Waals surface area contributed by atoms with Crippen molar-refractivity contribution in [2.24, 2.45) is 0 Å². The number of hydrogen-bond acceptors (Lipinski definition) is 5. The van der Waals surface area contributed by atoms with Crippen LogP contribution in [-0.2, 0) is 19.1 Å². The fourth-order valence-electron chi connectivity index (χ4n) is 3.90. The molecule has 0 spiro atoms. The minimum atomic E-state index is -0.453. The number of carbonyl (C=O) groups is 2. The maximum Gasteiger partial charge on any atom is 0.336 e. The third kappa shape index (κ3) is 3.90. The molecule has 1 aromatic rings. The van der Waals surface area contributed by atoms with Crippen LogP contribution >= 0.6 is 0 Å². The van der Waals surface area contributed by atoms with E-state index in [-0.39, 0.29) is 11.9 Å². The summed E-state index contributed by atoms with van der Waals surface area (Å²) in [7, 11) is 4.83. The van der Waals surface area contributed by atoms with E-state index in [2.05, 4.69) is 0 Å². The lowest BCUT2D eigenvalue weighted by molar-refractivity contribution is -0.136. The third-order valence-corrected chi connectivity index (χ3v) is 5.11. The predicted octanol–water partition coefficient (Wildman–Crippen LogP) is 2.29. The van der Waals surface area contributed by atoms with Gasteiger partial charge in [-0.25, -0.2) is 4.79 Å². The lowest BCUT2D eigenvalue weighted by atomic mass is 9.82. The predicted molar refractivity (Wildman–Crippen MR) is 102 cm³/mol. The van der Waals surface area contributed by atoms with Gasteiger partial charge in [-0.3, -0.25) is 4.79 Å². The molecule has 0 N–H and O–H groups in total. The van der Waals surface area contributed by atoms with Crippen molar-refractivity contribution >= 4 is 11.9 Å². The number of benzene rings is 1. The highest BCUT2D eigenvalue weighted by Gasteiger charge is 2.38. The first-order chi connectivity index (χ1) is 13.1. The lowest BCUT2D eigenvalue weighted by Crippen LogP contribution is -2.41. The van der Waals surface area contributed by atoms with Crippen molar-refractivity contribution in [1.82, 2.24) is 9.80 Å². The van der Waals surface area contributed by atoms with Gasteiger partial charge in [-0.05, 0) is 18.4 Å². The van der Waals surface area contributed by atoms with Gasteiger partial charge in [0.25, 0.3) is 5.91 Å². The molecule has 3 rings (SSSR count). The van der Waals surface area contributed by atoms with Crippen LogP contribution in [0.5, 0.6) is 0 Å². The molecule has 2 atom stereocenters. The lowest BCUT2D eigenvalue weighted by Gasteiger charge is -2.32. The second kappa shape index (κ2) is 8.39. The molecule has 0 aromatic heterocycles. The minimum absolute atomic E-state index is 0.0512. The topological polar surface area (TPSA) is 59.1 Å². The smallest absolute Gasteiger partial charge is 0.336 e. The normalized spacial score (nSPS) is 22.3. The molecular weight excluding hydrogens is 344 g/mol. The summed E-state index contributed by atoms with van der Waals surface area (Å²) in [5, 5.41) is 0. The van der Waals surface area contributed by atoms with Crippen LogP contribution in [0.15, 0.2) is 53.9 Å². The molecule has 2 heterocycles. The molecule has 0 bridgehead atoms. The molecule has 27 heavy (non-hydrogen) atoms. The van der Waals surface area contributed by atoms with Crippen LogP contribution in [-0.4, -0.2) is 62.1 Å². The summed E-state index contributed by atoms with van der Waals surface area (Å²) in [5.41, 5.74) is 1.93. The molecule has 2 aliphatic heterocycles. The number of likely N-dealkylation sites (tertiary alicyclic amines) is 1. The molecule has 1 saturated heterocycles. The maximum absolute atomic E-state index is 13.5. The van der Waals surface area contributed by atoms with Gasteiger partial charge in [0.2, 0.25) is 0 Å². The van der Waals surface area contributed by atoms with Crippen molar-refractivity contribution in [1.29, 1.82) is 0 Å². The number of amides is 1. The fraction of sp³-hybridized carbons (Fsp3) is 0.429. The number of ether oxygens (including phenoxy) is 2. The van der Waals surface area contributed by atoms with Gasteiger partial charge >= 0.3 is 5.97 Å². The fourth-order valence-corrected chi connectivity index (χ4v) is 3.90. The van der Waals surface area contributed by atoms with Crippen molar-refractivity contribution in [2.75, 3.05) is 34.4 Å². The Labute approximate surface area is 160 Å². The van der Waals surface area contributed by atoms with Gasteiger partial charge in [0.15, 0.2) is 0 Å². The van der Waals surface area contributed by atoms with E-state index < -0.39 is 11.9 Å². The van der Waals surface area contributed by atoms with Gasteiger partial charge in [0.05, 0.1) is 25.3 Å². The van der Waals surface area contributed by atoms with Gasteiger partial charge in [-0.15, -0.1) is 0 Å². The zero-order chi connectivity index (χ0) is 19.4. The molecule has 2 aliphatic rings. The molecule has 1 amide bonds. The zero-order valence-electron chi connectivity index (χ0n) is 16.1. The van der Waals surface area contributed by atoms with Crippen molar-refractivity contribution in [3.63, 3.8) is 0 Å². The van der Waals surface area contributed by atoms with E-state index in [9.17, 15) is 9.59 Å². The second-order valence-electron chi connectivity index (χ2n) is 6.92. The summed E-state index contributed by atoms with van der Waals surface area (Å²) < 4.78 is 10.3. The van der Waals surface area contributed by atoms with E-state index in [0.29, 0.717) is 24.3 Å². The average Bonchev–Trinajstić information content (AvgIpc) is 3.15. The van der Waals surface area contributed by atoms with Gasteiger partial charge in [-0.2, -0.15) is 0 Å². The highest BCUT2D eigenvalue weighted by Crippen LogP contribution is 2.38. The first-order valence-corrected chi connectivity index (χ1v) is 9.15. The summed E-state index contributed by atoms with van der Waals surface area (Å²) in [5.74, 6) is -0.931. The minimum Gasteiger partial charge on any atom is -0.466 e. The van der Waals surface area contributed by atoms with Crippen molar-refractivity contribution in [2.45, 2.75) is 24.8 Å². The monoisotopic (exact) mass is 370 g/mol. The first kappa shape index (κ1) is 19.2. The standard InChI is InChI=1S/C21H26N2O4/c1-22-12-17(20(24)23-11-7-10-16(23)14-26-2)19(15-8-5-4-6-9-15)18(13-22)21(25)27-3/h4-6,8-9,12-13,16,19H,7,10-11,14H2,1-3H3/t16-,19-/m0/s1. The Morgan fingerprint density at radius 1 is 1.11 bits per heavy atom. The molecular formula is C21H26N2O4. The largest absolute Gasteiger partial charge is 0.466 e.